The molecule has 2 aromatic carbocycles. The van der Waals surface area contributed by atoms with Crippen LogP contribution in [0.2, 0.25) is 0 Å². The molecule has 1 saturated heterocycles. The molecule has 30 heavy (non-hydrogen) atoms. The van der Waals surface area contributed by atoms with Gasteiger partial charge in [-0.25, -0.2) is 0 Å². The largest absolute Gasteiger partial charge is 0.508 e. The summed E-state index contributed by atoms with van der Waals surface area (Å²) in [6, 6.07) is 17.1. The van der Waals surface area contributed by atoms with Crippen molar-refractivity contribution in [2.45, 2.75) is 32.1 Å². The van der Waals surface area contributed by atoms with Crippen LogP contribution < -0.4 is 4.74 Å². The highest BCUT2D eigenvalue weighted by Gasteiger charge is 2.28. The predicted octanol–water partition coefficient (Wildman–Crippen LogP) is 4.83. The van der Waals surface area contributed by atoms with E-state index in [0.29, 0.717) is 24.6 Å². The number of benzene rings is 2. The summed E-state index contributed by atoms with van der Waals surface area (Å²) in [5.74, 6) is 1.03. The van der Waals surface area contributed by atoms with E-state index in [0.717, 1.165) is 46.8 Å². The van der Waals surface area contributed by atoms with Crippen molar-refractivity contribution in [2.24, 2.45) is 0 Å². The summed E-state index contributed by atoms with van der Waals surface area (Å²) in [5.41, 5.74) is 2.81. The minimum atomic E-state index is -0.0364. The van der Waals surface area contributed by atoms with Gasteiger partial charge in [0.2, 0.25) is 0 Å². The van der Waals surface area contributed by atoms with Crippen LogP contribution in [-0.2, 0) is 17.9 Å². The molecule has 1 aromatic heterocycles. The third-order valence-electron chi connectivity index (χ3n) is 5.62. The van der Waals surface area contributed by atoms with Crippen molar-refractivity contribution in [2.75, 3.05) is 13.2 Å². The Bertz CT molecular complexity index is 1070. The molecule has 2 aliphatic rings. The number of phenolic OH excluding ortho intramolecular Hbond substituents is 1. The predicted molar refractivity (Wildman–Crippen MR) is 116 cm³/mol. The number of hydrogen-bond donors (Lipinski definition) is 1. The van der Waals surface area contributed by atoms with Crippen molar-refractivity contribution in [3.05, 3.63) is 70.6 Å². The van der Waals surface area contributed by atoms with E-state index in [2.05, 4.69) is 0 Å². The fourth-order valence-corrected chi connectivity index (χ4v) is 5.23. The number of carbonyl (C=O) groups excluding carboxylic acids is 1. The number of hydrogen-bond acceptors (Lipinski definition) is 5. The molecule has 3 aromatic rings. The molecule has 3 heterocycles. The highest BCUT2D eigenvalue weighted by molar-refractivity contribution is 7.17. The maximum atomic E-state index is 13.5. The molecule has 5 rings (SSSR count). The minimum absolute atomic E-state index is 0.0364. The molecule has 1 atom stereocenters. The molecule has 1 fully saturated rings. The van der Waals surface area contributed by atoms with Gasteiger partial charge in [-0.05, 0) is 37.1 Å². The first-order valence-electron chi connectivity index (χ1n) is 10.2. The second-order valence-electron chi connectivity index (χ2n) is 7.70. The Kier molecular flexibility index (Phi) is 5.19. The zero-order valence-corrected chi connectivity index (χ0v) is 17.4. The first-order chi connectivity index (χ1) is 14.7. The van der Waals surface area contributed by atoms with E-state index < -0.39 is 0 Å². The quantitative estimate of drug-likeness (QED) is 0.641. The van der Waals surface area contributed by atoms with Crippen LogP contribution in [-0.4, -0.2) is 35.2 Å². The van der Waals surface area contributed by atoms with Crippen molar-refractivity contribution >= 4 is 17.2 Å². The van der Waals surface area contributed by atoms with Gasteiger partial charge in [-0.3, -0.25) is 4.79 Å². The highest BCUT2D eigenvalue weighted by atomic mass is 32.1. The maximum absolute atomic E-state index is 13.5. The van der Waals surface area contributed by atoms with Crippen molar-refractivity contribution in [3.63, 3.8) is 0 Å². The summed E-state index contributed by atoms with van der Waals surface area (Å²) in [7, 11) is 0. The Morgan fingerprint density at radius 2 is 2.00 bits per heavy atom. The smallest absolute Gasteiger partial charge is 0.264 e. The lowest BCUT2D eigenvalue weighted by molar-refractivity contribution is 0.0509. The van der Waals surface area contributed by atoms with Crippen LogP contribution in [0.5, 0.6) is 11.5 Å². The van der Waals surface area contributed by atoms with Gasteiger partial charge in [0, 0.05) is 41.3 Å². The number of thiophene rings is 1. The SMILES string of the molecule is O=C(c1cc2c(s1)-c1ccccc1OC2)N(Cc1ccccc1O)CC1CCCO1. The molecule has 0 aliphatic carbocycles. The van der Waals surface area contributed by atoms with Crippen LogP contribution >= 0.6 is 11.3 Å². The Balaban J connectivity index is 1.45. The van der Waals surface area contributed by atoms with E-state index in [1.165, 1.54) is 11.3 Å². The molecule has 1 amide bonds. The third kappa shape index (κ3) is 3.68. The second kappa shape index (κ2) is 8.13. The zero-order chi connectivity index (χ0) is 20.5. The van der Waals surface area contributed by atoms with Gasteiger partial charge in [-0.2, -0.15) is 0 Å². The molecule has 5 nitrogen and oxygen atoms in total. The monoisotopic (exact) mass is 421 g/mol. The molecular weight excluding hydrogens is 398 g/mol. The van der Waals surface area contributed by atoms with Crippen LogP contribution in [0, 0.1) is 0 Å². The summed E-state index contributed by atoms with van der Waals surface area (Å²) in [5, 5.41) is 10.2. The zero-order valence-electron chi connectivity index (χ0n) is 16.5. The van der Waals surface area contributed by atoms with Gasteiger partial charge in [-0.1, -0.05) is 30.3 Å². The molecule has 6 heteroatoms. The van der Waals surface area contributed by atoms with Crippen molar-refractivity contribution in [3.8, 4) is 21.9 Å². The fourth-order valence-electron chi connectivity index (χ4n) is 4.06. The maximum Gasteiger partial charge on any atom is 0.264 e. The van der Waals surface area contributed by atoms with Crippen LogP contribution in [0.25, 0.3) is 10.4 Å². The lowest BCUT2D eigenvalue weighted by atomic mass is 10.1. The normalized spacial score (nSPS) is 17.1. The Labute approximate surface area is 179 Å². The van der Waals surface area contributed by atoms with Gasteiger partial charge in [0.05, 0.1) is 11.0 Å². The molecular formula is C24H23NO4S. The van der Waals surface area contributed by atoms with Crippen molar-refractivity contribution in [1.29, 1.82) is 0 Å². The summed E-state index contributed by atoms with van der Waals surface area (Å²) in [4.78, 5) is 17.1. The lowest BCUT2D eigenvalue weighted by Crippen LogP contribution is -2.36. The van der Waals surface area contributed by atoms with E-state index in [-0.39, 0.29) is 17.8 Å². The fraction of sp³-hybridized carbons (Fsp3) is 0.292. The van der Waals surface area contributed by atoms with Crippen LogP contribution in [0.1, 0.15) is 33.6 Å². The minimum Gasteiger partial charge on any atom is -0.508 e. The molecule has 0 bridgehead atoms. The lowest BCUT2D eigenvalue weighted by Gasteiger charge is -2.25. The van der Waals surface area contributed by atoms with Crippen LogP contribution in [0.3, 0.4) is 0 Å². The molecule has 1 unspecified atom stereocenters. The van der Waals surface area contributed by atoms with E-state index >= 15 is 0 Å². The summed E-state index contributed by atoms with van der Waals surface area (Å²) in [6.07, 6.45) is 2.01. The van der Waals surface area contributed by atoms with Crippen LogP contribution in [0.4, 0.5) is 0 Å². The first kappa shape index (κ1) is 19.2. The number of nitrogens with zero attached hydrogens (tertiary/aromatic N) is 1. The number of ether oxygens (including phenoxy) is 2. The standard InChI is InChI=1S/C24H23NO4S/c26-20-9-3-1-6-16(20)13-25(14-18-7-5-11-28-18)24(27)22-12-17-15-29-21-10-4-2-8-19(21)23(17)30-22/h1-4,6,8-10,12,18,26H,5,7,11,13-15H2. The number of rotatable bonds is 5. The molecule has 1 N–H and O–H groups in total. The second-order valence-corrected chi connectivity index (χ2v) is 8.75. The number of phenols is 1. The van der Waals surface area contributed by atoms with Crippen molar-refractivity contribution < 1.29 is 19.4 Å². The Morgan fingerprint density at radius 1 is 1.17 bits per heavy atom. The number of aromatic hydroxyl groups is 1. The van der Waals surface area contributed by atoms with Gasteiger partial charge >= 0.3 is 0 Å². The van der Waals surface area contributed by atoms with Gasteiger partial charge < -0.3 is 19.5 Å². The topological polar surface area (TPSA) is 59.0 Å². The van der Waals surface area contributed by atoms with Gasteiger partial charge in [0.25, 0.3) is 5.91 Å². The number of carbonyl (C=O) groups is 1. The van der Waals surface area contributed by atoms with Gasteiger partial charge in [-0.15, -0.1) is 11.3 Å². The van der Waals surface area contributed by atoms with E-state index in [1.807, 2.05) is 42.5 Å². The van der Waals surface area contributed by atoms with E-state index in [4.69, 9.17) is 9.47 Å². The van der Waals surface area contributed by atoms with Crippen LogP contribution in [0.15, 0.2) is 54.6 Å². The average molecular weight is 422 g/mol. The van der Waals surface area contributed by atoms with Gasteiger partial charge in [0.1, 0.15) is 18.1 Å². The summed E-state index contributed by atoms with van der Waals surface area (Å²) < 4.78 is 11.6. The van der Waals surface area contributed by atoms with Gasteiger partial charge in [0.15, 0.2) is 0 Å². The number of amides is 1. The van der Waals surface area contributed by atoms with Crippen molar-refractivity contribution in [1.82, 2.24) is 4.90 Å². The molecule has 0 saturated carbocycles. The van der Waals surface area contributed by atoms with E-state index in [9.17, 15) is 9.90 Å². The summed E-state index contributed by atoms with van der Waals surface area (Å²) in [6.45, 7) is 2.08. The highest BCUT2D eigenvalue weighted by Crippen LogP contribution is 2.42. The number of fused-ring (bicyclic) bond motifs is 3. The Morgan fingerprint density at radius 3 is 2.83 bits per heavy atom. The Hall–Kier alpha value is -2.83. The first-order valence-corrected chi connectivity index (χ1v) is 11.0. The third-order valence-corrected chi connectivity index (χ3v) is 6.82. The number of para-hydroxylation sites is 2. The molecule has 2 aliphatic heterocycles. The molecule has 154 valence electrons. The molecule has 0 spiro atoms. The summed E-state index contributed by atoms with van der Waals surface area (Å²) >= 11 is 1.51. The molecule has 0 radical (unpaired) electrons. The average Bonchev–Trinajstić information content (AvgIpc) is 3.44. The van der Waals surface area contributed by atoms with E-state index in [1.54, 1.807) is 17.0 Å².